The molecule has 1 saturated heterocycles. The molecule has 2 aromatic heterocycles. The molecule has 3 aromatic rings. The van der Waals surface area contributed by atoms with E-state index in [1.54, 1.807) is 12.1 Å². The molecule has 0 amide bonds. The molecule has 5 rings (SSSR count). The lowest BCUT2D eigenvalue weighted by molar-refractivity contribution is -0.145. The average Bonchev–Trinajstić information content (AvgIpc) is 3.42. The Labute approximate surface area is 164 Å². The van der Waals surface area contributed by atoms with E-state index in [4.69, 9.17) is 19.9 Å². The number of aliphatic hydroxyl groups excluding tert-OH is 3. The lowest BCUT2D eigenvalue weighted by Crippen LogP contribution is -2.47. The van der Waals surface area contributed by atoms with Gasteiger partial charge >= 0.3 is 0 Å². The fourth-order valence-electron chi connectivity index (χ4n) is 3.92. The molecule has 4 heterocycles. The van der Waals surface area contributed by atoms with Crippen LogP contribution in [0, 0.1) is 0 Å². The summed E-state index contributed by atoms with van der Waals surface area (Å²) in [7, 11) is 0. The van der Waals surface area contributed by atoms with Gasteiger partial charge in [-0.25, -0.2) is 15.0 Å². The first kappa shape index (κ1) is 18.1. The van der Waals surface area contributed by atoms with Gasteiger partial charge in [0.2, 0.25) is 6.79 Å². The standard InChI is InChI=1S/C18H19N5O6/c19-16-13-17(21-6-20-16)23(7-22-13)18(15(26)14(25)12(5-24)29-18)4-9-1-2-10-11(3-9)28-8-27-10/h1-3,6-7,12,14-15,24-26H,4-5,8H2,(H2,19,20,21)/t12-,14-,15-,18-/m1/s1. The van der Waals surface area contributed by atoms with E-state index in [1.807, 2.05) is 6.07 Å². The second kappa shape index (κ2) is 6.52. The maximum atomic E-state index is 11.0. The number of nitrogens with two attached hydrogens (primary N) is 1. The Balaban J connectivity index is 1.65. The number of anilines is 1. The summed E-state index contributed by atoms with van der Waals surface area (Å²) in [6.45, 7) is -0.332. The van der Waals surface area contributed by atoms with E-state index in [-0.39, 0.29) is 19.0 Å². The largest absolute Gasteiger partial charge is 0.454 e. The van der Waals surface area contributed by atoms with Crippen LogP contribution in [0.1, 0.15) is 5.56 Å². The number of rotatable bonds is 4. The van der Waals surface area contributed by atoms with Gasteiger partial charge in [0.15, 0.2) is 28.7 Å². The zero-order valence-electron chi connectivity index (χ0n) is 15.2. The number of ether oxygens (including phenoxy) is 3. The molecule has 0 bridgehead atoms. The maximum Gasteiger partial charge on any atom is 0.231 e. The quantitative estimate of drug-likeness (QED) is 0.434. The zero-order chi connectivity index (χ0) is 20.2. The third kappa shape index (κ3) is 2.63. The van der Waals surface area contributed by atoms with Gasteiger partial charge in [-0.05, 0) is 17.7 Å². The van der Waals surface area contributed by atoms with Crippen LogP contribution < -0.4 is 15.2 Å². The molecule has 5 N–H and O–H groups in total. The third-order valence-electron chi connectivity index (χ3n) is 5.37. The molecular weight excluding hydrogens is 382 g/mol. The molecule has 2 aliphatic rings. The summed E-state index contributed by atoms with van der Waals surface area (Å²) < 4.78 is 18.3. The summed E-state index contributed by atoms with van der Waals surface area (Å²) in [6, 6.07) is 5.35. The Bertz CT molecular complexity index is 1070. The van der Waals surface area contributed by atoms with E-state index in [0.29, 0.717) is 22.7 Å². The summed E-state index contributed by atoms with van der Waals surface area (Å²) in [6.07, 6.45) is -0.836. The van der Waals surface area contributed by atoms with Crippen molar-refractivity contribution in [2.45, 2.75) is 30.5 Å². The molecule has 29 heavy (non-hydrogen) atoms. The van der Waals surface area contributed by atoms with Gasteiger partial charge in [0.25, 0.3) is 0 Å². The van der Waals surface area contributed by atoms with Gasteiger partial charge in [-0.1, -0.05) is 6.07 Å². The van der Waals surface area contributed by atoms with Crippen LogP contribution >= 0.6 is 0 Å². The van der Waals surface area contributed by atoms with Crippen molar-refractivity contribution in [2.24, 2.45) is 0 Å². The predicted octanol–water partition coefficient (Wildman–Crippen LogP) is -0.854. The number of benzene rings is 1. The van der Waals surface area contributed by atoms with E-state index in [9.17, 15) is 15.3 Å². The van der Waals surface area contributed by atoms with E-state index in [2.05, 4.69) is 15.0 Å². The van der Waals surface area contributed by atoms with Crippen molar-refractivity contribution in [3.63, 3.8) is 0 Å². The Hall–Kier alpha value is -2.99. The van der Waals surface area contributed by atoms with Crippen molar-refractivity contribution in [3.8, 4) is 11.5 Å². The topological polar surface area (TPSA) is 158 Å². The van der Waals surface area contributed by atoms with Crippen molar-refractivity contribution >= 4 is 17.0 Å². The van der Waals surface area contributed by atoms with Crippen LogP contribution in [-0.2, 0) is 16.9 Å². The molecule has 4 atom stereocenters. The molecular formula is C18H19N5O6. The van der Waals surface area contributed by atoms with Crippen LogP contribution in [0.4, 0.5) is 5.82 Å². The molecule has 0 saturated carbocycles. The third-order valence-corrected chi connectivity index (χ3v) is 5.37. The maximum absolute atomic E-state index is 11.0. The number of hydrogen-bond donors (Lipinski definition) is 4. The Kier molecular flexibility index (Phi) is 4.06. The van der Waals surface area contributed by atoms with Crippen LogP contribution in [0.25, 0.3) is 11.2 Å². The molecule has 1 aromatic carbocycles. The highest BCUT2D eigenvalue weighted by atomic mass is 16.7. The van der Waals surface area contributed by atoms with Gasteiger partial charge in [-0.3, -0.25) is 4.57 Å². The number of imidazole rings is 1. The first-order valence-corrected chi connectivity index (χ1v) is 9.01. The molecule has 0 radical (unpaired) electrons. The van der Waals surface area contributed by atoms with E-state index in [1.165, 1.54) is 17.2 Å². The number of aromatic nitrogens is 4. The second-order valence-corrected chi connectivity index (χ2v) is 7.03. The normalized spacial score (nSPS) is 28.3. The zero-order valence-corrected chi connectivity index (χ0v) is 15.2. The van der Waals surface area contributed by atoms with Crippen LogP contribution in [0.2, 0.25) is 0 Å². The Morgan fingerprint density at radius 1 is 1.17 bits per heavy atom. The number of aliphatic hydroxyl groups is 3. The summed E-state index contributed by atoms with van der Waals surface area (Å²) in [4.78, 5) is 12.4. The highest BCUT2D eigenvalue weighted by Crippen LogP contribution is 2.42. The number of nitrogen functional groups attached to an aromatic ring is 1. The van der Waals surface area contributed by atoms with Crippen molar-refractivity contribution in [1.29, 1.82) is 0 Å². The first-order chi connectivity index (χ1) is 14.0. The van der Waals surface area contributed by atoms with E-state index in [0.717, 1.165) is 5.56 Å². The van der Waals surface area contributed by atoms with Gasteiger partial charge in [0.05, 0.1) is 12.9 Å². The van der Waals surface area contributed by atoms with Crippen molar-refractivity contribution < 1.29 is 29.5 Å². The first-order valence-electron chi connectivity index (χ1n) is 9.01. The van der Waals surface area contributed by atoms with Crippen molar-refractivity contribution in [1.82, 2.24) is 19.5 Å². The Morgan fingerprint density at radius 2 is 2.00 bits per heavy atom. The lowest BCUT2D eigenvalue weighted by Gasteiger charge is -2.34. The van der Waals surface area contributed by atoms with Gasteiger partial charge in [-0.2, -0.15) is 0 Å². The summed E-state index contributed by atoms with van der Waals surface area (Å²) in [5, 5.41) is 31.1. The fourth-order valence-corrected chi connectivity index (χ4v) is 3.92. The molecule has 0 aliphatic carbocycles. The van der Waals surface area contributed by atoms with Crippen molar-refractivity contribution in [2.75, 3.05) is 19.1 Å². The van der Waals surface area contributed by atoms with Crippen LogP contribution in [0.15, 0.2) is 30.9 Å². The molecule has 0 unspecified atom stereocenters. The molecule has 11 nitrogen and oxygen atoms in total. The minimum Gasteiger partial charge on any atom is -0.454 e. The average molecular weight is 401 g/mol. The van der Waals surface area contributed by atoms with Crippen LogP contribution in [-0.4, -0.2) is 66.6 Å². The minimum atomic E-state index is -1.49. The predicted molar refractivity (Wildman–Crippen MR) is 98.0 cm³/mol. The number of nitrogens with zero attached hydrogens (tertiary/aromatic N) is 4. The lowest BCUT2D eigenvalue weighted by atomic mass is 9.94. The number of fused-ring (bicyclic) bond motifs is 2. The molecule has 152 valence electrons. The molecule has 2 aliphatic heterocycles. The van der Waals surface area contributed by atoms with Gasteiger partial charge in [0, 0.05) is 6.42 Å². The van der Waals surface area contributed by atoms with Crippen molar-refractivity contribution in [3.05, 3.63) is 36.4 Å². The molecule has 1 fully saturated rings. The van der Waals surface area contributed by atoms with Gasteiger partial charge in [-0.15, -0.1) is 0 Å². The second-order valence-electron chi connectivity index (χ2n) is 7.03. The summed E-state index contributed by atoms with van der Waals surface area (Å²) in [5.41, 5.74) is 5.83. The van der Waals surface area contributed by atoms with Crippen LogP contribution in [0.3, 0.4) is 0 Å². The monoisotopic (exact) mass is 401 g/mol. The molecule has 11 heteroatoms. The highest BCUT2D eigenvalue weighted by Gasteiger charge is 2.56. The summed E-state index contributed by atoms with van der Waals surface area (Å²) in [5.74, 6) is 1.38. The van der Waals surface area contributed by atoms with E-state index >= 15 is 0 Å². The van der Waals surface area contributed by atoms with E-state index < -0.39 is 30.6 Å². The summed E-state index contributed by atoms with van der Waals surface area (Å²) >= 11 is 0. The minimum absolute atomic E-state index is 0.133. The van der Waals surface area contributed by atoms with Crippen LogP contribution in [0.5, 0.6) is 11.5 Å². The molecule has 0 spiro atoms. The fraction of sp³-hybridized carbons (Fsp3) is 0.389. The van der Waals surface area contributed by atoms with Gasteiger partial charge < -0.3 is 35.3 Å². The number of hydrogen-bond acceptors (Lipinski definition) is 10. The highest BCUT2D eigenvalue weighted by molar-refractivity contribution is 5.81. The Morgan fingerprint density at radius 3 is 2.79 bits per heavy atom. The van der Waals surface area contributed by atoms with Gasteiger partial charge in [0.1, 0.15) is 30.2 Å². The SMILES string of the molecule is Nc1ncnc2c1ncn2[C@]1(Cc2ccc3c(c2)OCO3)O[C@H](CO)[C@@H](O)[C@H]1O. The smallest absolute Gasteiger partial charge is 0.231 e.